The molecule has 1 aromatic heterocycles. The summed E-state index contributed by atoms with van der Waals surface area (Å²) in [7, 11) is 1.61. The van der Waals surface area contributed by atoms with Gasteiger partial charge in [0.15, 0.2) is 0 Å². The van der Waals surface area contributed by atoms with Crippen molar-refractivity contribution in [3.05, 3.63) is 39.2 Å². The maximum Gasteiger partial charge on any atom is 0.227 e. The Morgan fingerprint density at radius 3 is 2.58 bits per heavy atom. The molecule has 0 spiro atoms. The summed E-state index contributed by atoms with van der Waals surface area (Å²) in [4.78, 5) is 8.31. The van der Waals surface area contributed by atoms with E-state index in [4.69, 9.17) is 21.1 Å². The van der Waals surface area contributed by atoms with Crippen molar-refractivity contribution in [2.45, 2.75) is 13.8 Å². The Bertz CT molecular complexity index is 620. The minimum Gasteiger partial charge on any atom is -0.497 e. The standard InChI is InChI=1S/C13H12BrClN2O2/c1-7-12(15)16-8(2)17-13(7)19-11-5-4-9(18-3)6-10(11)14/h4-6H,1-3H3. The highest BCUT2D eigenvalue weighted by Gasteiger charge is 2.11. The predicted octanol–water partition coefficient (Wildman–Crippen LogP) is 4.31. The molecular formula is C13H12BrClN2O2. The van der Waals surface area contributed by atoms with Gasteiger partial charge < -0.3 is 9.47 Å². The van der Waals surface area contributed by atoms with Gasteiger partial charge in [-0.25, -0.2) is 4.98 Å². The molecule has 1 heterocycles. The average molecular weight is 344 g/mol. The number of hydrogen-bond donors (Lipinski definition) is 0. The van der Waals surface area contributed by atoms with Crippen LogP contribution in [0.1, 0.15) is 11.4 Å². The number of nitrogens with zero attached hydrogens (tertiary/aromatic N) is 2. The zero-order valence-corrected chi connectivity index (χ0v) is 13.0. The second-order valence-corrected chi connectivity index (χ2v) is 5.10. The van der Waals surface area contributed by atoms with Gasteiger partial charge in [-0.05, 0) is 48.0 Å². The summed E-state index contributed by atoms with van der Waals surface area (Å²) in [6, 6.07) is 5.43. The lowest BCUT2D eigenvalue weighted by Gasteiger charge is -2.11. The molecule has 0 aliphatic carbocycles. The molecule has 4 nitrogen and oxygen atoms in total. The van der Waals surface area contributed by atoms with Crippen molar-refractivity contribution in [3.8, 4) is 17.4 Å². The molecule has 2 rings (SSSR count). The Hall–Kier alpha value is -1.33. The SMILES string of the molecule is COc1ccc(Oc2nc(C)nc(Cl)c2C)c(Br)c1. The Kier molecular flexibility index (Phi) is 4.27. The van der Waals surface area contributed by atoms with Crippen LogP contribution < -0.4 is 9.47 Å². The van der Waals surface area contributed by atoms with Crippen molar-refractivity contribution < 1.29 is 9.47 Å². The number of benzene rings is 1. The van der Waals surface area contributed by atoms with Gasteiger partial charge in [-0.3, -0.25) is 0 Å². The summed E-state index contributed by atoms with van der Waals surface area (Å²) in [5.74, 6) is 2.39. The highest BCUT2D eigenvalue weighted by atomic mass is 79.9. The fourth-order valence-corrected chi connectivity index (χ4v) is 2.11. The van der Waals surface area contributed by atoms with Crippen LogP contribution in [0.3, 0.4) is 0 Å². The normalized spacial score (nSPS) is 10.4. The highest BCUT2D eigenvalue weighted by Crippen LogP contribution is 2.34. The van der Waals surface area contributed by atoms with Crippen LogP contribution in [0, 0.1) is 13.8 Å². The van der Waals surface area contributed by atoms with Crippen LogP contribution >= 0.6 is 27.5 Å². The van der Waals surface area contributed by atoms with Gasteiger partial charge in [-0.15, -0.1) is 0 Å². The molecule has 0 radical (unpaired) electrons. The molecule has 2 aromatic rings. The van der Waals surface area contributed by atoms with Crippen molar-refractivity contribution in [2.24, 2.45) is 0 Å². The first-order chi connectivity index (χ1) is 9.01. The van der Waals surface area contributed by atoms with Gasteiger partial charge in [-0.2, -0.15) is 4.98 Å². The van der Waals surface area contributed by atoms with Gasteiger partial charge in [0.1, 0.15) is 22.5 Å². The Morgan fingerprint density at radius 2 is 1.95 bits per heavy atom. The Morgan fingerprint density at radius 1 is 1.21 bits per heavy atom. The summed E-state index contributed by atoms with van der Waals surface area (Å²) in [6.07, 6.45) is 0. The van der Waals surface area contributed by atoms with Gasteiger partial charge in [0.25, 0.3) is 0 Å². The summed E-state index contributed by atoms with van der Waals surface area (Å²) in [6.45, 7) is 3.58. The molecule has 100 valence electrons. The highest BCUT2D eigenvalue weighted by molar-refractivity contribution is 9.10. The number of aryl methyl sites for hydroxylation is 1. The summed E-state index contributed by atoms with van der Waals surface area (Å²) >= 11 is 9.44. The summed E-state index contributed by atoms with van der Waals surface area (Å²) in [5, 5.41) is 0.395. The van der Waals surface area contributed by atoms with Crippen LogP contribution in [0.15, 0.2) is 22.7 Å². The molecule has 0 fully saturated rings. The van der Waals surface area contributed by atoms with Crippen LogP contribution in [0.2, 0.25) is 5.15 Å². The van der Waals surface area contributed by atoms with Gasteiger partial charge in [0.2, 0.25) is 5.88 Å². The Labute approximate surface area is 124 Å². The van der Waals surface area contributed by atoms with E-state index in [2.05, 4.69) is 25.9 Å². The molecule has 6 heteroatoms. The third kappa shape index (κ3) is 3.16. The lowest BCUT2D eigenvalue weighted by atomic mass is 10.3. The smallest absolute Gasteiger partial charge is 0.227 e. The van der Waals surface area contributed by atoms with E-state index in [1.807, 2.05) is 19.1 Å². The van der Waals surface area contributed by atoms with Crippen LogP contribution in [-0.2, 0) is 0 Å². The number of rotatable bonds is 3. The minimum absolute atomic E-state index is 0.395. The topological polar surface area (TPSA) is 44.2 Å². The van der Waals surface area contributed by atoms with Crippen molar-refractivity contribution >= 4 is 27.5 Å². The van der Waals surface area contributed by atoms with Gasteiger partial charge in [0, 0.05) is 5.56 Å². The van der Waals surface area contributed by atoms with Crippen LogP contribution in [0.5, 0.6) is 17.4 Å². The molecule has 0 saturated heterocycles. The van der Waals surface area contributed by atoms with Crippen molar-refractivity contribution in [1.82, 2.24) is 9.97 Å². The number of halogens is 2. The van der Waals surface area contributed by atoms with E-state index in [1.165, 1.54) is 0 Å². The third-order valence-electron chi connectivity index (χ3n) is 2.50. The molecule has 0 N–H and O–H groups in total. The second kappa shape index (κ2) is 5.75. The van der Waals surface area contributed by atoms with Crippen molar-refractivity contribution in [1.29, 1.82) is 0 Å². The lowest BCUT2D eigenvalue weighted by Crippen LogP contribution is -1.98. The summed E-state index contributed by atoms with van der Waals surface area (Å²) in [5.41, 5.74) is 0.704. The van der Waals surface area contributed by atoms with E-state index in [1.54, 1.807) is 20.1 Å². The number of ether oxygens (including phenoxy) is 2. The molecule has 0 aliphatic rings. The van der Waals surface area contributed by atoms with E-state index >= 15 is 0 Å². The first-order valence-corrected chi connectivity index (χ1v) is 6.70. The Balaban J connectivity index is 2.36. The second-order valence-electron chi connectivity index (χ2n) is 3.89. The zero-order chi connectivity index (χ0) is 14.0. The molecule has 0 amide bonds. The number of hydrogen-bond acceptors (Lipinski definition) is 4. The fourth-order valence-electron chi connectivity index (χ4n) is 1.46. The molecule has 19 heavy (non-hydrogen) atoms. The first kappa shape index (κ1) is 14.1. The quantitative estimate of drug-likeness (QED) is 0.779. The minimum atomic E-state index is 0.395. The van der Waals surface area contributed by atoms with Gasteiger partial charge >= 0.3 is 0 Å². The predicted molar refractivity (Wildman–Crippen MR) is 77.3 cm³/mol. The fraction of sp³-hybridized carbons (Fsp3) is 0.231. The monoisotopic (exact) mass is 342 g/mol. The molecule has 0 aliphatic heterocycles. The van der Waals surface area contributed by atoms with E-state index in [0.29, 0.717) is 28.2 Å². The van der Waals surface area contributed by atoms with Crippen molar-refractivity contribution in [2.75, 3.05) is 7.11 Å². The molecular weight excluding hydrogens is 332 g/mol. The van der Waals surface area contributed by atoms with E-state index in [9.17, 15) is 0 Å². The van der Waals surface area contributed by atoms with Crippen molar-refractivity contribution in [3.63, 3.8) is 0 Å². The van der Waals surface area contributed by atoms with E-state index < -0.39 is 0 Å². The van der Waals surface area contributed by atoms with Crippen LogP contribution in [0.25, 0.3) is 0 Å². The average Bonchev–Trinajstić information content (AvgIpc) is 2.37. The van der Waals surface area contributed by atoms with Gasteiger partial charge in [-0.1, -0.05) is 11.6 Å². The maximum absolute atomic E-state index is 6.01. The third-order valence-corrected chi connectivity index (χ3v) is 3.49. The van der Waals surface area contributed by atoms with Crippen LogP contribution in [-0.4, -0.2) is 17.1 Å². The summed E-state index contributed by atoms with van der Waals surface area (Å²) < 4.78 is 11.7. The lowest BCUT2D eigenvalue weighted by molar-refractivity contribution is 0.411. The maximum atomic E-state index is 6.01. The molecule has 1 aromatic carbocycles. The van der Waals surface area contributed by atoms with Gasteiger partial charge in [0.05, 0.1) is 11.6 Å². The van der Waals surface area contributed by atoms with Crippen LogP contribution in [0.4, 0.5) is 0 Å². The largest absolute Gasteiger partial charge is 0.497 e. The molecule has 0 unspecified atom stereocenters. The zero-order valence-electron chi connectivity index (χ0n) is 10.7. The van der Waals surface area contributed by atoms with E-state index in [-0.39, 0.29) is 0 Å². The molecule has 0 saturated carbocycles. The molecule has 0 atom stereocenters. The molecule has 0 bridgehead atoms. The number of methoxy groups -OCH3 is 1. The number of aromatic nitrogens is 2. The first-order valence-electron chi connectivity index (χ1n) is 5.53. The van der Waals surface area contributed by atoms with E-state index in [0.717, 1.165) is 10.2 Å².